The summed E-state index contributed by atoms with van der Waals surface area (Å²) in [5, 5.41) is 0. The average molecular weight is 293 g/mol. The van der Waals surface area contributed by atoms with Gasteiger partial charge in [0.15, 0.2) is 0 Å². The number of amides is 1. The minimum atomic E-state index is -0.0261. The molecule has 3 heteroatoms. The summed E-state index contributed by atoms with van der Waals surface area (Å²) in [5.74, 6) is 1.37. The van der Waals surface area contributed by atoms with E-state index in [2.05, 4.69) is 25.7 Å². The van der Waals surface area contributed by atoms with Crippen LogP contribution in [0.5, 0.6) is 0 Å². The van der Waals surface area contributed by atoms with Gasteiger partial charge in [0.25, 0.3) is 0 Å². The van der Waals surface area contributed by atoms with Gasteiger partial charge in [-0.15, -0.1) is 0 Å². The lowest BCUT2D eigenvalue weighted by Crippen LogP contribution is -2.49. The molecule has 0 N–H and O–H groups in total. The maximum atomic E-state index is 12.5. The zero-order valence-electron chi connectivity index (χ0n) is 13.9. The van der Waals surface area contributed by atoms with Crippen molar-refractivity contribution in [2.45, 2.75) is 84.2 Å². The maximum Gasteiger partial charge on any atom is 0.410 e. The van der Waals surface area contributed by atoms with Crippen LogP contribution in [-0.4, -0.2) is 29.7 Å². The van der Waals surface area contributed by atoms with E-state index in [-0.39, 0.29) is 6.09 Å². The van der Waals surface area contributed by atoms with Crippen molar-refractivity contribution >= 4 is 6.09 Å². The molecule has 21 heavy (non-hydrogen) atoms. The fourth-order valence-corrected chi connectivity index (χ4v) is 4.62. The molecule has 3 aliphatic rings. The SMILES string of the molecule is CC(C)(C)C1CC2CCC(C1)N2C(=O)OCC1CCCC1. The molecule has 2 aliphatic heterocycles. The van der Waals surface area contributed by atoms with Gasteiger partial charge in [-0.05, 0) is 55.8 Å². The van der Waals surface area contributed by atoms with Crippen LogP contribution >= 0.6 is 0 Å². The molecular formula is C18H31NO2. The number of carbonyl (C=O) groups is 1. The van der Waals surface area contributed by atoms with Crippen molar-refractivity contribution in [2.75, 3.05) is 6.61 Å². The third-order valence-corrected chi connectivity index (χ3v) is 6.09. The first-order valence-electron chi connectivity index (χ1n) is 8.90. The van der Waals surface area contributed by atoms with Crippen LogP contribution < -0.4 is 0 Å². The summed E-state index contributed by atoms with van der Waals surface area (Å²) >= 11 is 0. The first-order valence-corrected chi connectivity index (χ1v) is 8.90. The topological polar surface area (TPSA) is 29.5 Å². The zero-order valence-corrected chi connectivity index (χ0v) is 13.9. The predicted octanol–water partition coefficient (Wildman–Crippen LogP) is 4.60. The van der Waals surface area contributed by atoms with Gasteiger partial charge in [0.2, 0.25) is 0 Å². The molecule has 2 unspecified atom stereocenters. The Morgan fingerprint density at radius 3 is 2.14 bits per heavy atom. The highest BCUT2D eigenvalue weighted by Crippen LogP contribution is 2.45. The summed E-state index contributed by atoms with van der Waals surface area (Å²) in [6.45, 7) is 7.67. The van der Waals surface area contributed by atoms with Crippen LogP contribution in [0.4, 0.5) is 4.79 Å². The average Bonchev–Trinajstić information content (AvgIpc) is 3.01. The molecule has 1 saturated carbocycles. The molecule has 1 aliphatic carbocycles. The fourth-order valence-electron chi connectivity index (χ4n) is 4.62. The minimum absolute atomic E-state index is 0.0261. The van der Waals surface area contributed by atoms with E-state index < -0.39 is 0 Å². The van der Waals surface area contributed by atoms with Crippen molar-refractivity contribution in [1.29, 1.82) is 0 Å². The number of fused-ring (bicyclic) bond motifs is 2. The predicted molar refractivity (Wildman–Crippen MR) is 84.1 cm³/mol. The highest BCUT2D eigenvalue weighted by molar-refractivity contribution is 5.69. The Morgan fingerprint density at radius 2 is 1.62 bits per heavy atom. The van der Waals surface area contributed by atoms with Gasteiger partial charge in [-0.2, -0.15) is 0 Å². The smallest absolute Gasteiger partial charge is 0.410 e. The van der Waals surface area contributed by atoms with Gasteiger partial charge in [0, 0.05) is 12.1 Å². The normalized spacial score (nSPS) is 33.5. The van der Waals surface area contributed by atoms with Gasteiger partial charge in [-0.25, -0.2) is 4.79 Å². The first-order chi connectivity index (χ1) is 9.95. The zero-order chi connectivity index (χ0) is 15.0. The van der Waals surface area contributed by atoms with Crippen molar-refractivity contribution in [3.8, 4) is 0 Å². The van der Waals surface area contributed by atoms with Crippen LogP contribution in [0.3, 0.4) is 0 Å². The van der Waals surface area contributed by atoms with Crippen molar-refractivity contribution in [1.82, 2.24) is 4.90 Å². The van der Waals surface area contributed by atoms with Crippen molar-refractivity contribution in [3.05, 3.63) is 0 Å². The molecule has 0 radical (unpaired) electrons. The van der Waals surface area contributed by atoms with Crippen LogP contribution in [0.15, 0.2) is 0 Å². The van der Waals surface area contributed by atoms with Gasteiger partial charge in [-0.1, -0.05) is 33.6 Å². The fraction of sp³-hybridized carbons (Fsp3) is 0.944. The molecule has 0 aromatic carbocycles. The lowest BCUT2D eigenvalue weighted by atomic mass is 9.73. The van der Waals surface area contributed by atoms with E-state index in [4.69, 9.17) is 4.74 Å². The summed E-state index contributed by atoms with van der Waals surface area (Å²) in [7, 11) is 0. The third-order valence-electron chi connectivity index (χ3n) is 6.09. The van der Waals surface area contributed by atoms with E-state index in [0.29, 0.717) is 30.0 Å². The van der Waals surface area contributed by atoms with Gasteiger partial charge >= 0.3 is 6.09 Å². The summed E-state index contributed by atoms with van der Waals surface area (Å²) < 4.78 is 5.65. The third kappa shape index (κ3) is 3.22. The Labute approximate surface area is 129 Å². The summed E-state index contributed by atoms with van der Waals surface area (Å²) in [6.07, 6.45) is 9.76. The summed E-state index contributed by atoms with van der Waals surface area (Å²) in [6, 6.07) is 0.869. The van der Waals surface area contributed by atoms with E-state index in [1.807, 2.05) is 0 Å². The molecule has 2 saturated heterocycles. The molecule has 120 valence electrons. The second-order valence-electron chi connectivity index (χ2n) is 8.55. The Bertz CT molecular complexity index is 367. The number of piperidine rings is 1. The van der Waals surface area contributed by atoms with Crippen molar-refractivity contribution < 1.29 is 9.53 Å². The molecule has 2 atom stereocenters. The quantitative estimate of drug-likeness (QED) is 0.744. The van der Waals surface area contributed by atoms with E-state index in [1.165, 1.54) is 51.4 Å². The van der Waals surface area contributed by atoms with Gasteiger partial charge in [-0.3, -0.25) is 0 Å². The number of nitrogens with zero attached hydrogens (tertiary/aromatic N) is 1. The Kier molecular flexibility index (Phi) is 4.20. The van der Waals surface area contributed by atoms with Crippen molar-refractivity contribution in [3.63, 3.8) is 0 Å². The molecule has 2 bridgehead atoms. The molecular weight excluding hydrogens is 262 g/mol. The van der Waals surface area contributed by atoms with Crippen LogP contribution in [-0.2, 0) is 4.74 Å². The lowest BCUT2D eigenvalue weighted by molar-refractivity contribution is 0.0297. The lowest BCUT2D eigenvalue weighted by Gasteiger charge is -2.43. The van der Waals surface area contributed by atoms with Gasteiger partial charge in [0.1, 0.15) is 0 Å². The molecule has 0 spiro atoms. The number of carbonyl (C=O) groups excluding carboxylic acids is 1. The molecule has 3 rings (SSSR count). The highest BCUT2D eigenvalue weighted by Gasteiger charge is 2.46. The first kappa shape index (κ1) is 15.2. The molecule has 3 nitrogen and oxygen atoms in total. The second-order valence-corrected chi connectivity index (χ2v) is 8.55. The summed E-state index contributed by atoms with van der Waals surface area (Å²) in [5.41, 5.74) is 0.362. The summed E-state index contributed by atoms with van der Waals surface area (Å²) in [4.78, 5) is 14.6. The van der Waals surface area contributed by atoms with Crippen LogP contribution in [0, 0.1) is 17.3 Å². The van der Waals surface area contributed by atoms with E-state index in [9.17, 15) is 4.79 Å². The largest absolute Gasteiger partial charge is 0.449 e. The van der Waals surface area contributed by atoms with Gasteiger partial charge in [0.05, 0.1) is 6.61 Å². The minimum Gasteiger partial charge on any atom is -0.449 e. The number of hydrogen-bond donors (Lipinski definition) is 0. The van der Waals surface area contributed by atoms with E-state index in [1.54, 1.807) is 0 Å². The van der Waals surface area contributed by atoms with Crippen LogP contribution in [0.1, 0.15) is 72.1 Å². The second kappa shape index (κ2) is 5.81. The molecule has 0 aromatic rings. The Morgan fingerprint density at radius 1 is 1.05 bits per heavy atom. The van der Waals surface area contributed by atoms with E-state index in [0.717, 1.165) is 5.92 Å². The number of rotatable bonds is 2. The molecule has 3 fully saturated rings. The molecule has 2 heterocycles. The number of hydrogen-bond acceptors (Lipinski definition) is 2. The maximum absolute atomic E-state index is 12.5. The van der Waals surface area contributed by atoms with Crippen molar-refractivity contribution in [2.24, 2.45) is 17.3 Å². The standard InChI is InChI=1S/C18H31NO2/c1-18(2,3)14-10-15-8-9-16(11-14)19(15)17(20)21-12-13-6-4-5-7-13/h13-16H,4-12H2,1-3H3. The van der Waals surface area contributed by atoms with Crippen LogP contribution in [0.25, 0.3) is 0 Å². The van der Waals surface area contributed by atoms with E-state index >= 15 is 0 Å². The Balaban J connectivity index is 1.55. The number of ether oxygens (including phenoxy) is 1. The highest BCUT2D eigenvalue weighted by atomic mass is 16.6. The van der Waals surface area contributed by atoms with Crippen LogP contribution in [0.2, 0.25) is 0 Å². The van der Waals surface area contributed by atoms with Gasteiger partial charge < -0.3 is 9.64 Å². The molecule has 0 aromatic heterocycles. The molecule has 1 amide bonds. The monoisotopic (exact) mass is 293 g/mol. The Hall–Kier alpha value is -0.730.